The van der Waals surface area contributed by atoms with Crippen molar-refractivity contribution in [2.45, 2.75) is 18.5 Å². The van der Waals surface area contributed by atoms with Crippen molar-refractivity contribution in [1.29, 1.82) is 0 Å². The molecule has 0 spiro atoms. The van der Waals surface area contributed by atoms with Gasteiger partial charge in [0, 0.05) is 16.9 Å². The van der Waals surface area contributed by atoms with Gasteiger partial charge in [0.2, 0.25) is 11.9 Å². The Kier molecular flexibility index (Phi) is 4.46. The minimum atomic E-state index is -0.765. The van der Waals surface area contributed by atoms with Crippen LogP contribution in [0.15, 0.2) is 54.6 Å². The van der Waals surface area contributed by atoms with Gasteiger partial charge in [0.05, 0.1) is 13.2 Å². The van der Waals surface area contributed by atoms with Crippen LogP contribution >= 0.6 is 0 Å². The lowest BCUT2D eigenvalue weighted by Crippen LogP contribution is -2.32. The van der Waals surface area contributed by atoms with E-state index in [9.17, 15) is 14.9 Å². The first-order valence-electron chi connectivity index (χ1n) is 7.73. The summed E-state index contributed by atoms with van der Waals surface area (Å²) in [6, 6.07) is 15.8. The van der Waals surface area contributed by atoms with E-state index in [1.54, 1.807) is 7.11 Å². The maximum Gasteiger partial charge on any atom is 0.231 e. The van der Waals surface area contributed by atoms with Gasteiger partial charge in [0.1, 0.15) is 11.7 Å². The molecule has 1 aliphatic carbocycles. The molecule has 24 heavy (non-hydrogen) atoms. The second kappa shape index (κ2) is 6.70. The third-order valence-corrected chi connectivity index (χ3v) is 4.23. The molecular formula is C18H18N2O4. The maximum atomic E-state index is 12.4. The van der Waals surface area contributed by atoms with Gasteiger partial charge in [-0.15, -0.1) is 0 Å². The Labute approximate surface area is 139 Å². The summed E-state index contributed by atoms with van der Waals surface area (Å²) in [4.78, 5) is 22.8. The first-order chi connectivity index (χ1) is 11.6. The first-order valence-corrected chi connectivity index (χ1v) is 7.73. The van der Waals surface area contributed by atoms with Crippen molar-refractivity contribution < 1.29 is 14.5 Å². The molecule has 6 nitrogen and oxygen atoms in total. The zero-order chi connectivity index (χ0) is 17.1. The monoisotopic (exact) mass is 326 g/mol. The molecule has 1 aliphatic rings. The average Bonchev–Trinajstić information content (AvgIpc) is 3.41. The summed E-state index contributed by atoms with van der Waals surface area (Å²) in [5.74, 6) is -0.189. The summed E-state index contributed by atoms with van der Waals surface area (Å²) in [6.45, 7) is 0. The summed E-state index contributed by atoms with van der Waals surface area (Å²) in [6.07, 6.45) is 0.298. The third-order valence-electron chi connectivity index (χ3n) is 4.23. The molecule has 1 amide bonds. The summed E-state index contributed by atoms with van der Waals surface area (Å²) >= 11 is 0. The van der Waals surface area contributed by atoms with E-state index >= 15 is 0 Å². The van der Waals surface area contributed by atoms with Gasteiger partial charge in [-0.25, -0.2) is 0 Å². The van der Waals surface area contributed by atoms with E-state index in [0.717, 1.165) is 11.1 Å². The fraction of sp³-hybridized carbons (Fsp3) is 0.278. The lowest BCUT2D eigenvalue weighted by atomic mass is 9.97. The number of hydrogen-bond acceptors (Lipinski definition) is 4. The molecule has 3 atom stereocenters. The van der Waals surface area contributed by atoms with Crippen LogP contribution < -0.4 is 10.1 Å². The molecule has 0 saturated heterocycles. The number of ether oxygens (including phenoxy) is 1. The van der Waals surface area contributed by atoms with Gasteiger partial charge in [0.15, 0.2) is 0 Å². The average molecular weight is 326 g/mol. The Morgan fingerprint density at radius 2 is 1.88 bits per heavy atom. The molecule has 0 heterocycles. The van der Waals surface area contributed by atoms with E-state index in [-0.39, 0.29) is 10.8 Å². The van der Waals surface area contributed by atoms with Crippen LogP contribution in [0.3, 0.4) is 0 Å². The lowest BCUT2D eigenvalue weighted by molar-refractivity contribution is -0.497. The molecule has 0 bridgehead atoms. The highest BCUT2D eigenvalue weighted by molar-refractivity contribution is 5.83. The van der Waals surface area contributed by atoms with E-state index in [1.807, 2.05) is 54.6 Å². The third kappa shape index (κ3) is 3.22. The predicted octanol–water partition coefficient (Wildman–Crippen LogP) is 2.57. The van der Waals surface area contributed by atoms with E-state index in [1.165, 1.54) is 0 Å². The Hall–Kier alpha value is -2.89. The van der Waals surface area contributed by atoms with Crippen molar-refractivity contribution in [2.75, 3.05) is 7.11 Å². The number of nitro groups is 1. The minimum absolute atomic E-state index is 0.295. The fourth-order valence-corrected chi connectivity index (χ4v) is 2.84. The second-order valence-corrected chi connectivity index (χ2v) is 5.79. The molecule has 1 fully saturated rings. The number of nitrogens with zero attached hydrogens (tertiary/aromatic N) is 1. The number of carbonyl (C=O) groups is 1. The molecule has 0 aliphatic heterocycles. The van der Waals surface area contributed by atoms with Crippen LogP contribution in [0.2, 0.25) is 0 Å². The Morgan fingerprint density at radius 3 is 2.50 bits per heavy atom. The van der Waals surface area contributed by atoms with Crippen LogP contribution in [0.5, 0.6) is 5.75 Å². The van der Waals surface area contributed by atoms with E-state index in [2.05, 4.69) is 5.32 Å². The zero-order valence-electron chi connectivity index (χ0n) is 13.2. The van der Waals surface area contributed by atoms with Crippen LogP contribution in [0.25, 0.3) is 0 Å². The lowest BCUT2D eigenvalue weighted by Gasteiger charge is -2.21. The minimum Gasteiger partial charge on any atom is -0.496 e. The fourth-order valence-electron chi connectivity index (χ4n) is 2.84. The summed E-state index contributed by atoms with van der Waals surface area (Å²) in [7, 11) is 1.58. The molecule has 2 aromatic carbocycles. The Bertz CT molecular complexity index is 748. The highest BCUT2D eigenvalue weighted by atomic mass is 16.6. The first kappa shape index (κ1) is 16.0. The molecule has 0 unspecified atom stereocenters. The van der Waals surface area contributed by atoms with E-state index < -0.39 is 18.0 Å². The zero-order valence-corrected chi connectivity index (χ0v) is 13.2. The van der Waals surface area contributed by atoms with Crippen LogP contribution in [-0.4, -0.2) is 24.0 Å². The highest BCUT2D eigenvalue weighted by Crippen LogP contribution is 2.35. The number of methoxy groups -OCH3 is 1. The van der Waals surface area contributed by atoms with Gasteiger partial charge in [-0.05, 0) is 11.6 Å². The molecule has 1 saturated carbocycles. The molecule has 3 rings (SSSR count). The predicted molar refractivity (Wildman–Crippen MR) is 88.3 cm³/mol. The number of nitrogens with one attached hydrogen (secondary N) is 1. The van der Waals surface area contributed by atoms with Crippen molar-refractivity contribution in [1.82, 2.24) is 5.32 Å². The summed E-state index contributed by atoms with van der Waals surface area (Å²) in [5.41, 5.74) is 1.71. The molecule has 0 aromatic heterocycles. The van der Waals surface area contributed by atoms with Crippen molar-refractivity contribution >= 4 is 5.91 Å². The molecule has 0 radical (unpaired) electrons. The number of benzene rings is 2. The molecule has 1 N–H and O–H groups in total. The van der Waals surface area contributed by atoms with Crippen LogP contribution in [0.1, 0.15) is 23.6 Å². The van der Waals surface area contributed by atoms with Gasteiger partial charge >= 0.3 is 0 Å². The van der Waals surface area contributed by atoms with Gasteiger partial charge < -0.3 is 10.1 Å². The second-order valence-electron chi connectivity index (χ2n) is 5.79. The van der Waals surface area contributed by atoms with E-state index in [4.69, 9.17) is 4.74 Å². The molecule has 124 valence electrons. The Morgan fingerprint density at radius 1 is 1.21 bits per heavy atom. The topological polar surface area (TPSA) is 81.5 Å². The van der Waals surface area contributed by atoms with Crippen molar-refractivity contribution in [2.24, 2.45) is 5.92 Å². The molecular weight excluding hydrogens is 308 g/mol. The van der Waals surface area contributed by atoms with Crippen LogP contribution in [0.4, 0.5) is 0 Å². The summed E-state index contributed by atoms with van der Waals surface area (Å²) in [5, 5.41) is 13.8. The van der Waals surface area contributed by atoms with Gasteiger partial charge in [-0.1, -0.05) is 48.5 Å². The quantitative estimate of drug-likeness (QED) is 0.653. The Balaban J connectivity index is 1.89. The maximum absolute atomic E-state index is 12.4. The normalized spacial score (nSPS) is 20.0. The molecule has 2 aromatic rings. The number of rotatable bonds is 6. The standard InChI is InChI=1S/C18H18N2O4/c1-24-16-10-6-5-9-13(16)17(12-7-3-2-4-8-12)19-18(21)14-11-15(14)20(22)23/h2-10,14-15,17H,11H2,1H3,(H,19,21)/t14-,15-,17-/m1/s1. The van der Waals surface area contributed by atoms with Crippen LogP contribution in [-0.2, 0) is 4.79 Å². The molecule has 6 heteroatoms. The van der Waals surface area contributed by atoms with Crippen molar-refractivity contribution in [3.8, 4) is 5.75 Å². The van der Waals surface area contributed by atoms with Gasteiger partial charge in [0.25, 0.3) is 0 Å². The number of hydrogen-bond donors (Lipinski definition) is 1. The van der Waals surface area contributed by atoms with Crippen LogP contribution in [0, 0.1) is 16.0 Å². The van der Waals surface area contributed by atoms with E-state index in [0.29, 0.717) is 12.2 Å². The van der Waals surface area contributed by atoms with Crippen molar-refractivity contribution in [3.05, 3.63) is 75.8 Å². The number of carbonyl (C=O) groups excluding carboxylic acids is 1. The SMILES string of the molecule is COc1ccccc1[C@H](NC(=O)[C@@H]1C[C@H]1[N+](=O)[O-])c1ccccc1. The summed E-state index contributed by atoms with van der Waals surface area (Å²) < 4.78 is 5.41. The number of para-hydroxylation sites is 1. The van der Waals surface area contributed by atoms with Crippen molar-refractivity contribution in [3.63, 3.8) is 0 Å². The van der Waals surface area contributed by atoms with Gasteiger partial charge in [-0.2, -0.15) is 0 Å². The smallest absolute Gasteiger partial charge is 0.231 e. The highest BCUT2D eigenvalue weighted by Gasteiger charge is 2.53. The van der Waals surface area contributed by atoms with Gasteiger partial charge in [-0.3, -0.25) is 14.9 Å². The largest absolute Gasteiger partial charge is 0.496 e. The number of amides is 1.